The SMILES string of the molecule is O=C(Nc1ccc(S(=O)(=O)Nc2ccccn2)cc1)c1cscn1. The number of rotatable bonds is 5. The van der Waals surface area contributed by atoms with Crippen molar-refractivity contribution < 1.29 is 13.2 Å². The highest BCUT2D eigenvalue weighted by atomic mass is 32.2. The van der Waals surface area contributed by atoms with E-state index in [4.69, 9.17) is 0 Å². The molecule has 0 saturated carbocycles. The molecule has 0 bridgehead atoms. The maximum absolute atomic E-state index is 12.3. The third-order valence-electron chi connectivity index (χ3n) is 2.99. The third kappa shape index (κ3) is 3.76. The Hall–Kier alpha value is -2.78. The number of carbonyl (C=O) groups excluding carboxylic acids is 1. The van der Waals surface area contributed by atoms with Gasteiger partial charge in [-0.15, -0.1) is 11.3 Å². The lowest BCUT2D eigenvalue weighted by atomic mass is 10.3. The molecule has 0 aliphatic rings. The average molecular weight is 360 g/mol. The topological polar surface area (TPSA) is 101 Å². The van der Waals surface area contributed by atoms with E-state index in [-0.39, 0.29) is 16.6 Å². The molecule has 1 aromatic carbocycles. The zero-order valence-electron chi connectivity index (χ0n) is 12.2. The molecule has 122 valence electrons. The number of nitrogens with one attached hydrogen (secondary N) is 2. The minimum Gasteiger partial charge on any atom is -0.321 e. The number of sulfonamides is 1. The van der Waals surface area contributed by atoms with Crippen molar-refractivity contribution in [3.05, 3.63) is 65.2 Å². The van der Waals surface area contributed by atoms with E-state index < -0.39 is 10.0 Å². The van der Waals surface area contributed by atoms with Crippen LogP contribution in [0.25, 0.3) is 0 Å². The van der Waals surface area contributed by atoms with Crippen LogP contribution in [0.15, 0.2) is 64.4 Å². The number of pyridine rings is 1. The molecule has 2 heterocycles. The third-order valence-corrected chi connectivity index (χ3v) is 4.95. The van der Waals surface area contributed by atoms with Gasteiger partial charge in [0.05, 0.1) is 10.4 Å². The molecule has 7 nitrogen and oxygen atoms in total. The summed E-state index contributed by atoms with van der Waals surface area (Å²) in [7, 11) is -3.74. The molecule has 2 aromatic heterocycles. The lowest BCUT2D eigenvalue weighted by Crippen LogP contribution is -2.14. The standard InChI is InChI=1S/C15H12N4O3S2/c20-15(13-9-23-10-17-13)18-11-4-6-12(7-5-11)24(21,22)19-14-3-1-2-8-16-14/h1-10H,(H,16,19)(H,18,20). The van der Waals surface area contributed by atoms with E-state index in [9.17, 15) is 13.2 Å². The largest absolute Gasteiger partial charge is 0.321 e. The van der Waals surface area contributed by atoms with Gasteiger partial charge in [-0.1, -0.05) is 6.07 Å². The van der Waals surface area contributed by atoms with Gasteiger partial charge in [-0.25, -0.2) is 18.4 Å². The Morgan fingerprint density at radius 1 is 1.04 bits per heavy atom. The van der Waals surface area contributed by atoms with E-state index in [0.717, 1.165) is 0 Å². The summed E-state index contributed by atoms with van der Waals surface area (Å²) in [5.74, 6) is -0.114. The molecule has 0 atom stereocenters. The van der Waals surface area contributed by atoms with Gasteiger partial charge in [-0.3, -0.25) is 9.52 Å². The molecule has 1 amide bonds. The highest BCUT2D eigenvalue weighted by Crippen LogP contribution is 2.17. The van der Waals surface area contributed by atoms with Crippen molar-refractivity contribution in [1.29, 1.82) is 0 Å². The summed E-state index contributed by atoms with van der Waals surface area (Å²) < 4.78 is 26.9. The summed E-state index contributed by atoms with van der Waals surface area (Å²) in [4.78, 5) is 19.8. The van der Waals surface area contributed by atoms with Crippen LogP contribution in [0.3, 0.4) is 0 Å². The highest BCUT2D eigenvalue weighted by Gasteiger charge is 2.15. The van der Waals surface area contributed by atoms with Crippen LogP contribution in [0.5, 0.6) is 0 Å². The number of thiazole rings is 1. The van der Waals surface area contributed by atoms with Crippen LogP contribution in [0.2, 0.25) is 0 Å². The molecule has 0 aliphatic heterocycles. The predicted octanol–water partition coefficient (Wildman–Crippen LogP) is 2.59. The number of nitrogens with zero attached hydrogens (tertiary/aromatic N) is 2. The van der Waals surface area contributed by atoms with Crippen molar-refractivity contribution in [1.82, 2.24) is 9.97 Å². The lowest BCUT2D eigenvalue weighted by Gasteiger charge is -2.08. The van der Waals surface area contributed by atoms with Crippen LogP contribution in [0.1, 0.15) is 10.5 Å². The van der Waals surface area contributed by atoms with Crippen LogP contribution < -0.4 is 10.0 Å². The molecule has 2 N–H and O–H groups in total. The van der Waals surface area contributed by atoms with Crippen LogP contribution in [-0.2, 0) is 10.0 Å². The van der Waals surface area contributed by atoms with Gasteiger partial charge in [0.1, 0.15) is 11.5 Å². The summed E-state index contributed by atoms with van der Waals surface area (Å²) in [6.45, 7) is 0. The normalized spacial score (nSPS) is 11.0. The van der Waals surface area contributed by atoms with E-state index in [2.05, 4.69) is 20.0 Å². The van der Waals surface area contributed by atoms with E-state index in [1.54, 1.807) is 29.1 Å². The van der Waals surface area contributed by atoms with Crippen LogP contribution in [-0.4, -0.2) is 24.3 Å². The Morgan fingerprint density at radius 2 is 1.83 bits per heavy atom. The Balaban J connectivity index is 1.73. The summed E-state index contributed by atoms with van der Waals surface area (Å²) in [6.07, 6.45) is 1.49. The van der Waals surface area contributed by atoms with Crippen molar-refractivity contribution >= 4 is 38.8 Å². The van der Waals surface area contributed by atoms with E-state index >= 15 is 0 Å². The molecule has 3 aromatic rings. The molecule has 24 heavy (non-hydrogen) atoms. The van der Waals surface area contributed by atoms with Crippen LogP contribution >= 0.6 is 11.3 Å². The van der Waals surface area contributed by atoms with Gasteiger partial charge in [0.15, 0.2) is 0 Å². The molecule has 0 unspecified atom stereocenters. The molecule has 0 spiro atoms. The fourth-order valence-corrected chi connectivity index (χ4v) is 3.40. The molecule has 0 fully saturated rings. The van der Waals surface area contributed by atoms with Gasteiger partial charge in [0.25, 0.3) is 15.9 Å². The number of benzene rings is 1. The summed E-state index contributed by atoms with van der Waals surface area (Å²) in [6, 6.07) is 10.8. The number of hydrogen-bond acceptors (Lipinski definition) is 6. The summed E-state index contributed by atoms with van der Waals surface area (Å²) in [5, 5.41) is 4.28. The maximum Gasteiger partial charge on any atom is 0.275 e. The van der Waals surface area contributed by atoms with E-state index in [0.29, 0.717) is 11.4 Å². The van der Waals surface area contributed by atoms with Gasteiger partial charge in [-0.2, -0.15) is 0 Å². The smallest absolute Gasteiger partial charge is 0.275 e. The second kappa shape index (κ2) is 6.77. The number of amides is 1. The van der Waals surface area contributed by atoms with Crippen molar-refractivity contribution in [2.24, 2.45) is 0 Å². The Bertz CT molecular complexity index is 925. The first-order valence-electron chi connectivity index (χ1n) is 6.78. The maximum atomic E-state index is 12.3. The van der Waals surface area contributed by atoms with Crippen molar-refractivity contribution in [3.63, 3.8) is 0 Å². The van der Waals surface area contributed by atoms with E-state index in [1.807, 2.05) is 0 Å². The Morgan fingerprint density at radius 3 is 2.46 bits per heavy atom. The molecule has 0 aliphatic carbocycles. The average Bonchev–Trinajstić information content (AvgIpc) is 3.10. The molecule has 0 radical (unpaired) electrons. The zero-order chi connectivity index (χ0) is 17.0. The minimum absolute atomic E-state index is 0.0693. The zero-order valence-corrected chi connectivity index (χ0v) is 13.8. The molecule has 9 heteroatoms. The Kier molecular flexibility index (Phi) is 4.54. The van der Waals surface area contributed by atoms with Crippen LogP contribution in [0.4, 0.5) is 11.5 Å². The predicted molar refractivity (Wildman–Crippen MR) is 91.6 cm³/mol. The number of hydrogen-bond donors (Lipinski definition) is 2. The fraction of sp³-hybridized carbons (Fsp3) is 0. The minimum atomic E-state index is -3.74. The molecule has 3 rings (SSSR count). The number of anilines is 2. The second-order valence-electron chi connectivity index (χ2n) is 4.67. The first-order chi connectivity index (χ1) is 11.5. The summed E-state index contributed by atoms with van der Waals surface area (Å²) in [5.41, 5.74) is 2.35. The van der Waals surface area contributed by atoms with E-state index in [1.165, 1.54) is 41.8 Å². The first kappa shape index (κ1) is 16.1. The van der Waals surface area contributed by atoms with Gasteiger partial charge < -0.3 is 5.32 Å². The summed E-state index contributed by atoms with van der Waals surface area (Å²) >= 11 is 1.32. The quantitative estimate of drug-likeness (QED) is 0.728. The monoisotopic (exact) mass is 360 g/mol. The molecular weight excluding hydrogens is 348 g/mol. The van der Waals surface area contributed by atoms with Crippen LogP contribution in [0, 0.1) is 0 Å². The second-order valence-corrected chi connectivity index (χ2v) is 7.07. The van der Waals surface area contributed by atoms with Gasteiger partial charge in [0, 0.05) is 17.3 Å². The number of aromatic nitrogens is 2. The first-order valence-corrected chi connectivity index (χ1v) is 9.21. The Labute approximate surface area is 142 Å². The van der Waals surface area contributed by atoms with Gasteiger partial charge in [-0.05, 0) is 36.4 Å². The van der Waals surface area contributed by atoms with Crippen molar-refractivity contribution in [2.45, 2.75) is 4.90 Å². The number of carbonyl (C=O) groups is 1. The molecular formula is C15H12N4O3S2. The lowest BCUT2D eigenvalue weighted by molar-refractivity contribution is 0.102. The molecule has 0 saturated heterocycles. The van der Waals surface area contributed by atoms with Gasteiger partial charge >= 0.3 is 0 Å². The van der Waals surface area contributed by atoms with Gasteiger partial charge in [0.2, 0.25) is 0 Å². The fourth-order valence-electron chi connectivity index (χ4n) is 1.86. The van der Waals surface area contributed by atoms with Crippen molar-refractivity contribution in [2.75, 3.05) is 10.0 Å². The highest BCUT2D eigenvalue weighted by molar-refractivity contribution is 7.92. The van der Waals surface area contributed by atoms with Crippen molar-refractivity contribution in [3.8, 4) is 0 Å².